The molecule has 2 aromatic carbocycles. The van der Waals surface area contributed by atoms with Gasteiger partial charge in [0.15, 0.2) is 0 Å². The highest BCUT2D eigenvalue weighted by molar-refractivity contribution is 6.03. The van der Waals surface area contributed by atoms with Crippen molar-refractivity contribution in [2.45, 2.75) is 40.0 Å². The van der Waals surface area contributed by atoms with E-state index >= 15 is 0 Å². The lowest BCUT2D eigenvalue weighted by Gasteiger charge is -2.31. The number of pyridine rings is 1. The summed E-state index contributed by atoms with van der Waals surface area (Å²) in [6, 6.07) is 15.3. The zero-order valence-electron chi connectivity index (χ0n) is 15.5. The highest BCUT2D eigenvalue weighted by Crippen LogP contribution is 2.38. The third kappa shape index (κ3) is 2.80. The maximum absolute atomic E-state index is 5.13. The van der Waals surface area contributed by atoms with Crippen LogP contribution in [0.5, 0.6) is 0 Å². The first kappa shape index (κ1) is 16.1. The van der Waals surface area contributed by atoms with Gasteiger partial charge < -0.3 is 4.90 Å². The van der Waals surface area contributed by atoms with Crippen LogP contribution in [0.2, 0.25) is 0 Å². The maximum Gasteiger partial charge on any atom is 0.0790 e. The first-order valence-corrected chi connectivity index (χ1v) is 9.37. The Hall–Kier alpha value is -2.35. The predicted octanol–water partition coefficient (Wildman–Crippen LogP) is 5.82. The lowest BCUT2D eigenvalue weighted by Crippen LogP contribution is -2.30. The van der Waals surface area contributed by atoms with Crippen molar-refractivity contribution < 1.29 is 0 Å². The molecule has 0 radical (unpaired) electrons. The van der Waals surface area contributed by atoms with Gasteiger partial charge in [-0.25, -0.2) is 0 Å². The van der Waals surface area contributed by atoms with Gasteiger partial charge in [0.05, 0.1) is 17.1 Å². The van der Waals surface area contributed by atoms with Crippen molar-refractivity contribution in [3.05, 3.63) is 59.3 Å². The lowest BCUT2D eigenvalue weighted by molar-refractivity contribution is 0.577. The Morgan fingerprint density at radius 2 is 1.40 bits per heavy atom. The summed E-state index contributed by atoms with van der Waals surface area (Å²) in [5.41, 5.74) is 7.49. The number of rotatable bonds is 2. The molecule has 0 amide bonds. The van der Waals surface area contributed by atoms with E-state index in [-0.39, 0.29) is 0 Å². The van der Waals surface area contributed by atoms with Crippen molar-refractivity contribution in [3.8, 4) is 11.3 Å². The molecular weight excluding hydrogens is 304 g/mol. The van der Waals surface area contributed by atoms with Crippen LogP contribution < -0.4 is 4.90 Å². The average molecular weight is 330 g/mol. The topological polar surface area (TPSA) is 16.1 Å². The summed E-state index contributed by atoms with van der Waals surface area (Å²) in [5.74, 6) is 0. The maximum atomic E-state index is 5.13. The van der Waals surface area contributed by atoms with E-state index in [1.807, 2.05) is 0 Å². The Labute approximate surface area is 150 Å². The third-order valence-electron chi connectivity index (χ3n) is 5.45. The van der Waals surface area contributed by atoms with Gasteiger partial charge in [-0.3, -0.25) is 4.98 Å². The van der Waals surface area contributed by atoms with Crippen LogP contribution in [0.3, 0.4) is 0 Å². The SMILES string of the molecule is Cc1cccc(C)c1-c1nc(C)c(N2CCCCC2)c2ccccc12. The van der Waals surface area contributed by atoms with Gasteiger partial charge in [-0.2, -0.15) is 0 Å². The molecule has 0 aliphatic carbocycles. The molecule has 0 bridgehead atoms. The molecule has 2 heteroatoms. The van der Waals surface area contributed by atoms with Gasteiger partial charge in [0.2, 0.25) is 0 Å². The predicted molar refractivity (Wildman–Crippen MR) is 107 cm³/mol. The molecule has 2 nitrogen and oxygen atoms in total. The van der Waals surface area contributed by atoms with Crippen LogP contribution in [-0.2, 0) is 0 Å². The number of fused-ring (bicyclic) bond motifs is 1. The normalized spacial score (nSPS) is 14.9. The van der Waals surface area contributed by atoms with Crippen molar-refractivity contribution in [1.82, 2.24) is 4.98 Å². The Morgan fingerprint density at radius 1 is 0.760 bits per heavy atom. The molecule has 25 heavy (non-hydrogen) atoms. The van der Waals surface area contributed by atoms with Crippen molar-refractivity contribution in [3.63, 3.8) is 0 Å². The highest BCUT2D eigenvalue weighted by Gasteiger charge is 2.20. The van der Waals surface area contributed by atoms with E-state index in [1.165, 1.54) is 52.4 Å². The summed E-state index contributed by atoms with van der Waals surface area (Å²) < 4.78 is 0. The molecule has 1 aromatic heterocycles. The first-order chi connectivity index (χ1) is 12.2. The minimum atomic E-state index is 1.13. The second-order valence-electron chi connectivity index (χ2n) is 7.25. The van der Waals surface area contributed by atoms with Crippen molar-refractivity contribution in [1.29, 1.82) is 0 Å². The van der Waals surface area contributed by atoms with Gasteiger partial charge in [0.25, 0.3) is 0 Å². The average Bonchev–Trinajstić information content (AvgIpc) is 2.62. The Morgan fingerprint density at radius 3 is 2.08 bits per heavy atom. The molecule has 0 saturated carbocycles. The molecule has 0 atom stereocenters. The monoisotopic (exact) mass is 330 g/mol. The fraction of sp³-hybridized carbons (Fsp3) is 0.348. The number of aromatic nitrogens is 1. The van der Waals surface area contributed by atoms with Gasteiger partial charge >= 0.3 is 0 Å². The van der Waals surface area contributed by atoms with E-state index in [2.05, 4.69) is 68.1 Å². The molecular formula is C23H26N2. The van der Waals surface area contributed by atoms with Crippen LogP contribution in [0.4, 0.5) is 5.69 Å². The van der Waals surface area contributed by atoms with E-state index in [0.717, 1.165) is 24.5 Å². The van der Waals surface area contributed by atoms with Gasteiger partial charge in [-0.15, -0.1) is 0 Å². The number of aryl methyl sites for hydroxylation is 3. The van der Waals surface area contributed by atoms with E-state index in [1.54, 1.807) is 0 Å². The molecule has 1 fully saturated rings. The Bertz CT molecular complexity index is 901. The van der Waals surface area contributed by atoms with Gasteiger partial charge in [-0.1, -0.05) is 42.5 Å². The summed E-state index contributed by atoms with van der Waals surface area (Å²) in [6.45, 7) is 8.84. The summed E-state index contributed by atoms with van der Waals surface area (Å²) in [7, 11) is 0. The second-order valence-corrected chi connectivity index (χ2v) is 7.25. The standard InChI is InChI=1S/C23H26N2/c1-16-10-9-11-17(2)21(16)22-19-12-5-6-13-20(19)23(18(3)24-22)25-14-7-4-8-15-25/h5-6,9-13H,4,7-8,14-15H2,1-3H3. The van der Waals surface area contributed by atoms with Crippen LogP contribution in [-0.4, -0.2) is 18.1 Å². The van der Waals surface area contributed by atoms with Gasteiger partial charge in [0.1, 0.15) is 0 Å². The number of hydrogen-bond donors (Lipinski definition) is 0. The first-order valence-electron chi connectivity index (χ1n) is 9.37. The van der Waals surface area contributed by atoms with E-state index in [0.29, 0.717) is 0 Å². The lowest BCUT2D eigenvalue weighted by atomic mass is 9.94. The van der Waals surface area contributed by atoms with Crippen molar-refractivity contribution in [2.24, 2.45) is 0 Å². The second kappa shape index (κ2) is 6.51. The summed E-state index contributed by atoms with van der Waals surface area (Å²) >= 11 is 0. The number of nitrogens with zero attached hydrogens (tertiary/aromatic N) is 2. The zero-order chi connectivity index (χ0) is 17.4. The van der Waals surface area contributed by atoms with E-state index < -0.39 is 0 Å². The number of anilines is 1. The van der Waals surface area contributed by atoms with Crippen molar-refractivity contribution >= 4 is 16.5 Å². The third-order valence-corrected chi connectivity index (χ3v) is 5.45. The number of hydrogen-bond acceptors (Lipinski definition) is 2. The summed E-state index contributed by atoms with van der Waals surface area (Å²) in [5, 5.41) is 2.61. The molecule has 128 valence electrons. The largest absolute Gasteiger partial charge is 0.370 e. The summed E-state index contributed by atoms with van der Waals surface area (Å²) in [4.78, 5) is 7.67. The Balaban J connectivity index is 2.00. The molecule has 2 heterocycles. The minimum Gasteiger partial charge on any atom is -0.370 e. The quantitative estimate of drug-likeness (QED) is 0.589. The molecule has 1 saturated heterocycles. The van der Waals surface area contributed by atoms with Crippen LogP contribution >= 0.6 is 0 Å². The molecule has 1 aliphatic rings. The van der Waals surface area contributed by atoms with Crippen LogP contribution in [0.25, 0.3) is 22.0 Å². The van der Waals surface area contributed by atoms with Crippen LogP contribution in [0.1, 0.15) is 36.1 Å². The zero-order valence-corrected chi connectivity index (χ0v) is 15.5. The van der Waals surface area contributed by atoms with Crippen molar-refractivity contribution in [2.75, 3.05) is 18.0 Å². The number of piperidine rings is 1. The smallest absolute Gasteiger partial charge is 0.0790 e. The van der Waals surface area contributed by atoms with Crippen LogP contribution in [0, 0.1) is 20.8 Å². The Kier molecular flexibility index (Phi) is 4.20. The van der Waals surface area contributed by atoms with E-state index in [4.69, 9.17) is 4.98 Å². The van der Waals surface area contributed by atoms with Gasteiger partial charge in [0, 0.05) is 29.4 Å². The fourth-order valence-corrected chi connectivity index (χ4v) is 4.27. The van der Waals surface area contributed by atoms with Crippen LogP contribution in [0.15, 0.2) is 42.5 Å². The summed E-state index contributed by atoms with van der Waals surface area (Å²) in [6.07, 6.45) is 3.92. The van der Waals surface area contributed by atoms with E-state index in [9.17, 15) is 0 Å². The molecule has 0 unspecified atom stereocenters. The molecule has 1 aliphatic heterocycles. The number of benzene rings is 2. The molecule has 0 spiro atoms. The van der Waals surface area contributed by atoms with Gasteiger partial charge in [-0.05, 0) is 51.2 Å². The minimum absolute atomic E-state index is 1.13. The molecule has 3 aromatic rings. The fourth-order valence-electron chi connectivity index (χ4n) is 4.27. The molecule has 0 N–H and O–H groups in total. The highest BCUT2D eigenvalue weighted by atomic mass is 15.1. The molecule has 4 rings (SSSR count).